The minimum absolute atomic E-state index is 0.328. The maximum Gasteiger partial charge on any atom is 0.186 e. The molecule has 7 unspecified atom stereocenters. The van der Waals surface area contributed by atoms with Gasteiger partial charge in [0.25, 0.3) is 0 Å². The Hall–Kier alpha value is -3.20. The van der Waals surface area contributed by atoms with Crippen molar-refractivity contribution in [2.75, 3.05) is 13.2 Å². The van der Waals surface area contributed by atoms with Crippen molar-refractivity contribution in [1.29, 1.82) is 0 Å². The lowest BCUT2D eigenvalue weighted by Gasteiger charge is -2.47. The van der Waals surface area contributed by atoms with E-state index in [1.165, 1.54) is 0 Å². The summed E-state index contributed by atoms with van der Waals surface area (Å²) in [5.41, 5.74) is 35.6. The first-order chi connectivity index (χ1) is 19.6. The molecule has 2 aliphatic heterocycles. The molecule has 2 saturated heterocycles. The largest absolute Gasteiger partial charge is 0.394 e. The van der Waals surface area contributed by atoms with Crippen LogP contribution in [0.5, 0.6) is 0 Å². The van der Waals surface area contributed by atoms with Crippen LogP contribution >= 0.6 is 0 Å². The van der Waals surface area contributed by atoms with E-state index in [1.807, 2.05) is 0 Å². The van der Waals surface area contributed by atoms with E-state index in [2.05, 4.69) is 40.1 Å². The van der Waals surface area contributed by atoms with Crippen LogP contribution < -0.4 is 0 Å². The zero-order valence-electron chi connectivity index (χ0n) is 20.9. The molecule has 1 saturated carbocycles. The number of hydrogen-bond donors (Lipinski definition) is 7. The molecule has 0 amide bonds. The smallest absolute Gasteiger partial charge is 0.186 e. The Balaban J connectivity index is 1.91. The number of nitrogens with zero attached hydrogens (tertiary/aromatic N) is 12. The predicted molar refractivity (Wildman–Crippen MR) is 128 cm³/mol. The summed E-state index contributed by atoms with van der Waals surface area (Å²) < 4.78 is 22.2. The summed E-state index contributed by atoms with van der Waals surface area (Å²) in [6.07, 6.45) is -20.6. The van der Waals surface area contributed by atoms with Crippen LogP contribution in [0.1, 0.15) is 6.42 Å². The van der Waals surface area contributed by atoms with E-state index in [4.69, 9.17) is 41.1 Å². The number of rotatable bonds is 10. The van der Waals surface area contributed by atoms with Crippen molar-refractivity contribution in [3.63, 3.8) is 0 Å². The predicted octanol–water partition coefficient (Wildman–Crippen LogP) is -1.89. The lowest BCUT2D eigenvalue weighted by atomic mass is 9.84. The first-order valence-electron chi connectivity index (χ1n) is 12.1. The fourth-order valence-electron chi connectivity index (χ4n) is 4.84. The van der Waals surface area contributed by atoms with Crippen LogP contribution in [-0.4, -0.2) is 141 Å². The molecule has 41 heavy (non-hydrogen) atoms. The second kappa shape index (κ2) is 14.6. The Bertz CT molecular complexity index is 1100. The maximum absolute atomic E-state index is 11.3. The van der Waals surface area contributed by atoms with Crippen LogP contribution in [0, 0.1) is 0 Å². The third-order valence-electron chi connectivity index (χ3n) is 6.92. The Morgan fingerprint density at radius 3 is 1.68 bits per heavy atom. The molecular weight excluding hydrogens is 560 g/mol. The average molecular weight is 588 g/mol. The molecule has 0 aromatic heterocycles. The molecule has 15 atom stereocenters. The van der Waals surface area contributed by atoms with Gasteiger partial charge in [-0.05, 0) is 28.5 Å². The topological polar surface area (TPSA) is 374 Å². The maximum atomic E-state index is 11.3. The van der Waals surface area contributed by atoms with Crippen molar-refractivity contribution in [3.05, 3.63) is 41.8 Å². The van der Waals surface area contributed by atoms with Gasteiger partial charge in [-0.2, -0.15) is 0 Å². The Morgan fingerprint density at radius 1 is 0.634 bits per heavy atom. The molecular formula is C18H28N12O11. The highest BCUT2D eigenvalue weighted by Crippen LogP contribution is 2.35. The number of aliphatic hydroxyl groups is 7. The summed E-state index contributed by atoms with van der Waals surface area (Å²) in [5, 5.41) is 86.3. The van der Waals surface area contributed by atoms with Crippen LogP contribution in [0.2, 0.25) is 0 Å². The molecule has 7 N–H and O–H groups in total. The number of azide groups is 4. The molecule has 1 aliphatic carbocycles. The SMILES string of the molecule is [N-]=[N+]=NCC1O[C@H](OC2C(N=[N+]=[N-])CC(N=[N+]=[N-])[C@@H](OC3O[C@H](CO)C(O)[C@@H](N=[N+]=[N-])[C@H]3O)[C@H]2O)C(O)[C@@H](O)[C@@H]1O. The molecule has 226 valence electrons. The standard InChI is InChI=1S/C18H28N12O11/c19-27-23-2-6-10(33)12(35)13(36)18(38-6)41-16-5(25-29-21)1-4(24-28-20)15(14(16)37)40-17-11(34)8(26-30-22)9(32)7(3-31)39-17/h4-18,31-37H,1-3H2/t4?,5?,6?,7-,8-,9?,10-,11-,12+,13?,14-,15-,16?,17?,18-/m1/s1. The zero-order valence-corrected chi connectivity index (χ0v) is 20.9. The highest BCUT2D eigenvalue weighted by molar-refractivity contribution is 5.04. The number of ether oxygens (including phenoxy) is 4. The number of hydrogen-bond acceptors (Lipinski definition) is 15. The van der Waals surface area contributed by atoms with Crippen molar-refractivity contribution < 1.29 is 54.7 Å². The van der Waals surface area contributed by atoms with Gasteiger partial charge >= 0.3 is 0 Å². The third-order valence-corrected chi connectivity index (χ3v) is 6.92. The quantitative estimate of drug-likeness (QED) is 0.0840. The van der Waals surface area contributed by atoms with Crippen molar-refractivity contribution in [2.24, 2.45) is 20.5 Å². The highest BCUT2D eigenvalue weighted by atomic mass is 16.7. The van der Waals surface area contributed by atoms with E-state index in [1.54, 1.807) is 0 Å². The lowest BCUT2D eigenvalue weighted by molar-refractivity contribution is -0.331. The molecule has 0 aromatic rings. The first-order valence-corrected chi connectivity index (χ1v) is 12.1. The van der Waals surface area contributed by atoms with Crippen molar-refractivity contribution >= 4 is 0 Å². The summed E-state index contributed by atoms with van der Waals surface area (Å²) in [6, 6.07) is -4.13. The first kappa shape index (κ1) is 32.3. The normalized spacial score (nSPS) is 44.3. The van der Waals surface area contributed by atoms with Gasteiger partial charge in [-0.3, -0.25) is 0 Å². The van der Waals surface area contributed by atoms with Crippen LogP contribution in [0.25, 0.3) is 41.8 Å². The van der Waals surface area contributed by atoms with Crippen molar-refractivity contribution in [2.45, 2.75) is 98.2 Å². The van der Waals surface area contributed by atoms with Gasteiger partial charge in [0.15, 0.2) is 12.6 Å². The summed E-state index contributed by atoms with van der Waals surface area (Å²) >= 11 is 0. The molecule has 0 bridgehead atoms. The molecule has 0 spiro atoms. The second-order valence-corrected chi connectivity index (χ2v) is 9.30. The monoisotopic (exact) mass is 588 g/mol. The van der Waals surface area contributed by atoms with Gasteiger partial charge in [-0.15, -0.1) is 0 Å². The number of aliphatic hydroxyl groups excluding tert-OH is 7. The van der Waals surface area contributed by atoms with Crippen molar-refractivity contribution in [3.8, 4) is 0 Å². The zero-order chi connectivity index (χ0) is 30.3. The Morgan fingerprint density at radius 2 is 1.17 bits per heavy atom. The molecule has 0 radical (unpaired) electrons. The molecule has 23 nitrogen and oxygen atoms in total. The molecule has 2 heterocycles. The summed E-state index contributed by atoms with van der Waals surface area (Å²) in [5.74, 6) is 0. The Labute approximate surface area is 228 Å². The van der Waals surface area contributed by atoms with Crippen LogP contribution in [-0.2, 0) is 18.9 Å². The summed E-state index contributed by atoms with van der Waals surface area (Å²) in [4.78, 5) is 10.5. The van der Waals surface area contributed by atoms with Gasteiger partial charge in [-0.25, -0.2) is 0 Å². The van der Waals surface area contributed by atoms with Gasteiger partial charge in [0, 0.05) is 19.6 Å². The Kier molecular flexibility index (Phi) is 11.5. The van der Waals surface area contributed by atoms with E-state index in [0.29, 0.717) is 0 Å². The van der Waals surface area contributed by atoms with E-state index < -0.39 is 105 Å². The minimum atomic E-state index is -1.90. The van der Waals surface area contributed by atoms with Crippen LogP contribution in [0.4, 0.5) is 0 Å². The van der Waals surface area contributed by atoms with Gasteiger partial charge in [0.2, 0.25) is 0 Å². The van der Waals surface area contributed by atoms with Crippen LogP contribution in [0.3, 0.4) is 0 Å². The van der Waals surface area contributed by atoms with Gasteiger partial charge in [0.1, 0.15) is 36.6 Å². The lowest BCUT2D eigenvalue weighted by Crippen LogP contribution is -2.65. The minimum Gasteiger partial charge on any atom is -0.394 e. The molecule has 3 rings (SSSR count). The van der Waals surface area contributed by atoms with E-state index in [-0.39, 0.29) is 6.42 Å². The van der Waals surface area contributed by atoms with Crippen molar-refractivity contribution in [1.82, 2.24) is 0 Å². The average Bonchev–Trinajstić information content (AvgIpc) is 2.95. The molecule has 23 heteroatoms. The van der Waals surface area contributed by atoms with Crippen LogP contribution in [0.15, 0.2) is 20.5 Å². The van der Waals surface area contributed by atoms with Gasteiger partial charge in [0.05, 0.1) is 55.7 Å². The highest BCUT2D eigenvalue weighted by Gasteiger charge is 2.53. The van der Waals surface area contributed by atoms with E-state index in [0.717, 1.165) is 0 Å². The summed E-state index contributed by atoms with van der Waals surface area (Å²) in [6.45, 7) is -1.26. The van der Waals surface area contributed by atoms with Gasteiger partial charge < -0.3 is 54.7 Å². The van der Waals surface area contributed by atoms with Gasteiger partial charge in [-0.1, -0.05) is 20.5 Å². The van der Waals surface area contributed by atoms with E-state index >= 15 is 0 Å². The fourth-order valence-corrected chi connectivity index (χ4v) is 4.84. The third kappa shape index (κ3) is 7.00. The van der Waals surface area contributed by atoms with E-state index in [9.17, 15) is 35.7 Å². The summed E-state index contributed by atoms with van der Waals surface area (Å²) in [7, 11) is 0. The fraction of sp³-hybridized carbons (Fsp3) is 1.00. The molecule has 0 aromatic carbocycles. The molecule has 3 aliphatic rings. The molecule has 3 fully saturated rings. The second-order valence-electron chi connectivity index (χ2n) is 9.30.